The number of hydrogen-bond donors (Lipinski definition) is 6. The van der Waals surface area contributed by atoms with Gasteiger partial charge < -0.3 is 30.6 Å². The van der Waals surface area contributed by atoms with E-state index in [1.54, 1.807) is 0 Å². The summed E-state index contributed by atoms with van der Waals surface area (Å²) in [5.74, 6) is 0. The lowest BCUT2D eigenvalue weighted by Gasteiger charge is -1.84. The van der Waals surface area contributed by atoms with E-state index in [9.17, 15) is 0 Å². The molecule has 0 aliphatic heterocycles. The van der Waals surface area contributed by atoms with E-state index >= 15 is 0 Å². The third-order valence-electron chi connectivity index (χ3n) is 1.50. The lowest BCUT2D eigenvalue weighted by atomic mass is 10.5. The Hall–Kier alpha value is -0.0100. The molecule has 0 fully saturated rings. The van der Waals surface area contributed by atoms with Crippen molar-refractivity contribution in [2.24, 2.45) is 0 Å². The standard InChI is InChI=1S/3C4H11N.H3O4P/c3*1-3-4-5-2;1-5(2,3)4/h3*5H,3-4H2,1-2H3;(H3,1,2,3,4). The summed E-state index contributed by atoms with van der Waals surface area (Å²) in [7, 11) is 1.25. The predicted octanol–water partition coefficient (Wildman–Crippen LogP) is 0.919. The highest BCUT2D eigenvalue weighted by molar-refractivity contribution is 7.45. The summed E-state index contributed by atoms with van der Waals surface area (Å²) in [5.41, 5.74) is 0. The molecule has 0 rings (SSSR count). The van der Waals surface area contributed by atoms with Crippen LogP contribution in [0.2, 0.25) is 0 Å². The molecule has 0 aliphatic rings. The molecule has 0 saturated heterocycles. The van der Waals surface area contributed by atoms with Crippen molar-refractivity contribution in [1.82, 2.24) is 16.0 Å². The minimum Gasteiger partial charge on any atom is -0.320 e. The smallest absolute Gasteiger partial charge is 0.320 e. The van der Waals surface area contributed by atoms with Gasteiger partial charge in [0.2, 0.25) is 0 Å². The van der Waals surface area contributed by atoms with Crippen LogP contribution in [-0.2, 0) is 4.57 Å². The number of phosphoric acid groups is 1. The molecule has 0 aromatic heterocycles. The molecule has 0 aliphatic carbocycles. The van der Waals surface area contributed by atoms with Gasteiger partial charge in [0.25, 0.3) is 0 Å². The summed E-state index contributed by atoms with van der Waals surface area (Å²) in [4.78, 5) is 21.6. The van der Waals surface area contributed by atoms with Crippen LogP contribution in [0, 0.1) is 0 Å². The topological polar surface area (TPSA) is 114 Å². The Morgan fingerprint density at radius 1 is 0.700 bits per heavy atom. The second-order valence-corrected chi connectivity index (χ2v) is 4.85. The molecule has 0 bridgehead atoms. The molecule has 8 heteroatoms. The van der Waals surface area contributed by atoms with Crippen LogP contribution >= 0.6 is 7.82 Å². The second-order valence-electron chi connectivity index (χ2n) is 3.82. The van der Waals surface area contributed by atoms with E-state index in [-0.39, 0.29) is 0 Å². The largest absolute Gasteiger partial charge is 0.466 e. The summed E-state index contributed by atoms with van der Waals surface area (Å²) in [6, 6.07) is 0. The minimum absolute atomic E-state index is 1.14. The van der Waals surface area contributed by atoms with Crippen LogP contribution in [0.15, 0.2) is 0 Å². The molecule has 0 amide bonds. The lowest BCUT2D eigenvalue weighted by molar-refractivity contribution is 0.275. The minimum atomic E-state index is -4.64. The van der Waals surface area contributed by atoms with Crippen LogP contribution in [0.4, 0.5) is 0 Å². The molecule has 0 aromatic rings. The first-order chi connectivity index (χ1) is 9.24. The van der Waals surface area contributed by atoms with E-state index in [1.165, 1.54) is 19.3 Å². The van der Waals surface area contributed by atoms with Gasteiger partial charge in [-0.2, -0.15) is 0 Å². The quantitative estimate of drug-likeness (QED) is 0.404. The first kappa shape index (κ1) is 28.2. The van der Waals surface area contributed by atoms with E-state index in [4.69, 9.17) is 19.2 Å². The van der Waals surface area contributed by atoms with Gasteiger partial charge in [0, 0.05) is 0 Å². The highest BCUT2D eigenvalue weighted by Crippen LogP contribution is 2.25. The monoisotopic (exact) mass is 317 g/mol. The van der Waals surface area contributed by atoms with Crippen LogP contribution in [0.5, 0.6) is 0 Å². The first-order valence-corrected chi connectivity index (χ1v) is 8.53. The summed E-state index contributed by atoms with van der Waals surface area (Å²) in [6.07, 6.45) is 3.70. The van der Waals surface area contributed by atoms with Crippen LogP contribution in [0.3, 0.4) is 0 Å². The van der Waals surface area contributed by atoms with E-state index in [0.29, 0.717) is 0 Å². The highest BCUT2D eigenvalue weighted by atomic mass is 31.2. The Labute approximate surface area is 124 Å². The van der Waals surface area contributed by atoms with Crippen molar-refractivity contribution >= 4 is 7.82 Å². The van der Waals surface area contributed by atoms with Gasteiger partial charge in [-0.3, -0.25) is 0 Å². The fraction of sp³-hybridized carbons (Fsp3) is 1.00. The molecule has 0 aromatic carbocycles. The SMILES string of the molecule is CCCNC.CCCNC.CCCNC.O=P(O)(O)O. The van der Waals surface area contributed by atoms with E-state index in [1.807, 2.05) is 21.1 Å². The van der Waals surface area contributed by atoms with Crippen LogP contribution < -0.4 is 16.0 Å². The molecule has 20 heavy (non-hydrogen) atoms. The maximum Gasteiger partial charge on any atom is 0.466 e. The van der Waals surface area contributed by atoms with Crippen LogP contribution in [0.1, 0.15) is 40.0 Å². The van der Waals surface area contributed by atoms with Gasteiger partial charge in [-0.05, 0) is 60.0 Å². The van der Waals surface area contributed by atoms with Crippen molar-refractivity contribution in [2.75, 3.05) is 40.8 Å². The summed E-state index contributed by atoms with van der Waals surface area (Å²) in [5, 5.41) is 9.05. The number of nitrogens with one attached hydrogen (secondary N) is 3. The Bertz CT molecular complexity index is 152. The number of rotatable bonds is 6. The fourth-order valence-electron chi connectivity index (χ4n) is 0.750. The average Bonchev–Trinajstić information content (AvgIpc) is 2.31. The maximum absolute atomic E-state index is 8.88. The maximum atomic E-state index is 8.88. The van der Waals surface area contributed by atoms with E-state index in [2.05, 4.69) is 36.7 Å². The molecule has 0 radical (unpaired) electrons. The summed E-state index contributed by atoms with van der Waals surface area (Å²) in [6.45, 7) is 9.86. The lowest BCUT2D eigenvalue weighted by Crippen LogP contribution is -2.04. The normalized spacial score (nSPS) is 9.25. The zero-order valence-corrected chi connectivity index (χ0v) is 14.8. The van der Waals surface area contributed by atoms with E-state index in [0.717, 1.165) is 19.6 Å². The van der Waals surface area contributed by atoms with Gasteiger partial charge in [0.15, 0.2) is 0 Å². The molecular weight excluding hydrogens is 281 g/mol. The van der Waals surface area contributed by atoms with Crippen molar-refractivity contribution in [3.8, 4) is 0 Å². The summed E-state index contributed by atoms with van der Waals surface area (Å²) < 4.78 is 8.88. The van der Waals surface area contributed by atoms with Crippen molar-refractivity contribution in [2.45, 2.75) is 40.0 Å². The number of hydrogen-bond acceptors (Lipinski definition) is 4. The second kappa shape index (κ2) is 27.4. The van der Waals surface area contributed by atoms with Crippen LogP contribution in [0.25, 0.3) is 0 Å². The van der Waals surface area contributed by atoms with Crippen molar-refractivity contribution < 1.29 is 19.2 Å². The molecule has 6 N–H and O–H groups in total. The third kappa shape index (κ3) is 145. The summed E-state index contributed by atoms with van der Waals surface area (Å²) >= 11 is 0. The van der Waals surface area contributed by atoms with Gasteiger partial charge in [-0.1, -0.05) is 20.8 Å². The van der Waals surface area contributed by atoms with Crippen LogP contribution in [-0.4, -0.2) is 55.5 Å². The third-order valence-corrected chi connectivity index (χ3v) is 1.50. The Morgan fingerprint density at radius 3 is 0.850 bits per heavy atom. The van der Waals surface area contributed by atoms with Crippen molar-refractivity contribution in [3.05, 3.63) is 0 Å². The fourth-order valence-corrected chi connectivity index (χ4v) is 0.750. The zero-order valence-electron chi connectivity index (χ0n) is 13.9. The van der Waals surface area contributed by atoms with Gasteiger partial charge >= 0.3 is 7.82 Å². The Morgan fingerprint density at radius 2 is 0.850 bits per heavy atom. The zero-order chi connectivity index (χ0) is 16.9. The molecular formula is C12H36N3O4P. The van der Waals surface area contributed by atoms with Crippen molar-refractivity contribution in [3.63, 3.8) is 0 Å². The van der Waals surface area contributed by atoms with Gasteiger partial charge in [-0.25, -0.2) is 4.57 Å². The van der Waals surface area contributed by atoms with Gasteiger partial charge in [0.05, 0.1) is 0 Å². The molecule has 128 valence electrons. The average molecular weight is 317 g/mol. The Kier molecular flexibility index (Phi) is 38.6. The Balaban J connectivity index is -0.0000000853. The van der Waals surface area contributed by atoms with Gasteiger partial charge in [0.1, 0.15) is 0 Å². The van der Waals surface area contributed by atoms with Gasteiger partial charge in [-0.15, -0.1) is 0 Å². The predicted molar refractivity (Wildman–Crippen MR) is 86.9 cm³/mol. The highest BCUT2D eigenvalue weighted by Gasteiger charge is 2.00. The first-order valence-electron chi connectivity index (χ1n) is 6.96. The molecule has 0 spiro atoms. The molecule has 0 unspecified atom stereocenters. The van der Waals surface area contributed by atoms with E-state index < -0.39 is 7.82 Å². The molecule has 7 nitrogen and oxygen atoms in total. The molecule has 0 heterocycles. The van der Waals surface area contributed by atoms with Crippen molar-refractivity contribution in [1.29, 1.82) is 0 Å². The molecule has 0 atom stereocenters. The molecule has 0 saturated carbocycles.